The predicted molar refractivity (Wildman–Crippen MR) is 99.0 cm³/mol. The molecule has 0 bridgehead atoms. The molecule has 0 radical (unpaired) electrons. The van der Waals surface area contributed by atoms with E-state index in [1.165, 1.54) is 0 Å². The minimum atomic E-state index is -0.115. The summed E-state index contributed by atoms with van der Waals surface area (Å²) in [5, 5.41) is 11.5. The third-order valence-electron chi connectivity index (χ3n) is 4.30. The number of hydrogen-bond donors (Lipinski definition) is 1. The summed E-state index contributed by atoms with van der Waals surface area (Å²) in [4.78, 5) is 14.4. The zero-order valence-electron chi connectivity index (χ0n) is 15.5. The molecular formula is C19H23N5O2. The van der Waals surface area contributed by atoms with Gasteiger partial charge in [0.2, 0.25) is 0 Å². The number of ether oxygens (including phenoxy) is 1. The van der Waals surface area contributed by atoms with Crippen molar-refractivity contribution in [2.24, 2.45) is 0 Å². The number of H-pyrrole nitrogens is 1. The number of rotatable bonds is 6. The minimum absolute atomic E-state index is 0.115. The summed E-state index contributed by atoms with van der Waals surface area (Å²) in [6.07, 6.45) is 1.98. The summed E-state index contributed by atoms with van der Waals surface area (Å²) < 4.78 is 7.11. The van der Waals surface area contributed by atoms with Crippen LogP contribution >= 0.6 is 0 Å². The number of nitrogens with zero attached hydrogens (tertiary/aromatic N) is 4. The molecule has 3 aromatic rings. The summed E-state index contributed by atoms with van der Waals surface area (Å²) in [6.45, 7) is 5.30. The molecule has 2 aromatic heterocycles. The van der Waals surface area contributed by atoms with E-state index in [0.29, 0.717) is 17.9 Å². The fourth-order valence-electron chi connectivity index (χ4n) is 2.77. The molecule has 2 heterocycles. The first-order valence-electron chi connectivity index (χ1n) is 8.50. The minimum Gasteiger partial charge on any atom is -0.497 e. The van der Waals surface area contributed by atoms with Crippen molar-refractivity contribution in [3.8, 4) is 17.0 Å². The number of methoxy groups -OCH3 is 1. The van der Waals surface area contributed by atoms with Crippen LogP contribution in [0.5, 0.6) is 5.75 Å². The van der Waals surface area contributed by atoms with Gasteiger partial charge in [0.1, 0.15) is 11.4 Å². The van der Waals surface area contributed by atoms with Gasteiger partial charge in [-0.15, -0.1) is 0 Å². The number of carbonyl (C=O) groups excluding carboxylic acids is 1. The number of nitrogens with one attached hydrogen (secondary N) is 1. The molecule has 1 amide bonds. The zero-order chi connectivity index (χ0) is 18.7. The van der Waals surface area contributed by atoms with Crippen LogP contribution in [0.3, 0.4) is 0 Å². The van der Waals surface area contributed by atoms with E-state index < -0.39 is 0 Å². The maximum atomic E-state index is 12.7. The van der Waals surface area contributed by atoms with Crippen LogP contribution < -0.4 is 4.74 Å². The number of aryl methyl sites for hydroxylation is 2. The Hall–Kier alpha value is -3.09. The normalized spacial score (nSPS) is 10.8. The number of hydrogen-bond acceptors (Lipinski definition) is 4. The van der Waals surface area contributed by atoms with Gasteiger partial charge in [-0.1, -0.05) is 12.1 Å². The van der Waals surface area contributed by atoms with Gasteiger partial charge < -0.3 is 9.64 Å². The number of carbonyl (C=O) groups is 1. The molecule has 0 fully saturated rings. The number of aromatic amines is 1. The van der Waals surface area contributed by atoms with Crippen molar-refractivity contribution in [2.45, 2.75) is 26.9 Å². The van der Waals surface area contributed by atoms with Gasteiger partial charge >= 0.3 is 0 Å². The molecule has 136 valence electrons. The highest BCUT2D eigenvalue weighted by Crippen LogP contribution is 2.23. The van der Waals surface area contributed by atoms with E-state index in [1.807, 2.05) is 49.0 Å². The Labute approximate surface area is 152 Å². The molecule has 0 aliphatic heterocycles. The molecule has 1 N–H and O–H groups in total. The first-order chi connectivity index (χ1) is 12.5. The number of amides is 1. The second-order valence-electron chi connectivity index (χ2n) is 6.16. The first kappa shape index (κ1) is 17.7. The van der Waals surface area contributed by atoms with Gasteiger partial charge in [0.25, 0.3) is 5.91 Å². The van der Waals surface area contributed by atoms with Crippen LogP contribution in [0.2, 0.25) is 0 Å². The largest absolute Gasteiger partial charge is 0.497 e. The standard InChI is InChI=1S/C19H23N5O2/c1-5-24-12-15(13(2)22-24)11-23(3)19(25)18-10-17(20-21-18)14-7-6-8-16(9-14)26-4/h6-10,12H,5,11H2,1-4H3,(H,20,21). The van der Waals surface area contributed by atoms with Crippen molar-refractivity contribution in [3.05, 3.63) is 53.5 Å². The predicted octanol–water partition coefficient (Wildman–Crippen LogP) is 2.88. The average Bonchev–Trinajstić information content (AvgIpc) is 3.28. The van der Waals surface area contributed by atoms with Crippen LogP contribution in [0, 0.1) is 6.92 Å². The highest BCUT2D eigenvalue weighted by atomic mass is 16.5. The quantitative estimate of drug-likeness (QED) is 0.739. The lowest BCUT2D eigenvalue weighted by atomic mass is 10.1. The lowest BCUT2D eigenvalue weighted by Gasteiger charge is -2.15. The molecule has 7 nitrogen and oxygen atoms in total. The third-order valence-corrected chi connectivity index (χ3v) is 4.30. The molecule has 0 spiro atoms. The summed E-state index contributed by atoms with van der Waals surface area (Å²) in [6, 6.07) is 9.34. The summed E-state index contributed by atoms with van der Waals surface area (Å²) in [7, 11) is 3.40. The highest BCUT2D eigenvalue weighted by molar-refractivity contribution is 5.93. The van der Waals surface area contributed by atoms with Crippen LogP contribution in [0.1, 0.15) is 28.7 Å². The molecule has 26 heavy (non-hydrogen) atoms. The summed E-state index contributed by atoms with van der Waals surface area (Å²) in [5.74, 6) is 0.634. The Kier molecular flexibility index (Phi) is 5.06. The third kappa shape index (κ3) is 3.61. The second-order valence-corrected chi connectivity index (χ2v) is 6.16. The van der Waals surface area contributed by atoms with E-state index in [-0.39, 0.29) is 5.91 Å². The maximum Gasteiger partial charge on any atom is 0.271 e. The van der Waals surface area contributed by atoms with Crippen LogP contribution in [-0.4, -0.2) is 44.9 Å². The van der Waals surface area contributed by atoms with Gasteiger partial charge in [-0.2, -0.15) is 10.2 Å². The molecule has 3 rings (SSSR count). The molecule has 7 heteroatoms. The average molecular weight is 353 g/mol. The fourth-order valence-corrected chi connectivity index (χ4v) is 2.77. The van der Waals surface area contributed by atoms with E-state index in [0.717, 1.165) is 29.1 Å². The van der Waals surface area contributed by atoms with Crippen LogP contribution in [-0.2, 0) is 13.1 Å². The molecule has 0 saturated carbocycles. The van der Waals surface area contributed by atoms with Crippen molar-refractivity contribution < 1.29 is 9.53 Å². The molecule has 0 saturated heterocycles. The molecule has 0 atom stereocenters. The summed E-state index contributed by atoms with van der Waals surface area (Å²) >= 11 is 0. The van der Waals surface area contributed by atoms with E-state index in [9.17, 15) is 4.79 Å². The van der Waals surface area contributed by atoms with Crippen LogP contribution in [0.25, 0.3) is 11.3 Å². The summed E-state index contributed by atoms with van der Waals surface area (Å²) in [5.41, 5.74) is 4.02. The Morgan fingerprint density at radius 1 is 1.35 bits per heavy atom. The lowest BCUT2D eigenvalue weighted by molar-refractivity contribution is 0.0779. The molecule has 0 aliphatic rings. The van der Waals surface area contributed by atoms with Crippen molar-refractivity contribution in [1.82, 2.24) is 24.9 Å². The van der Waals surface area contributed by atoms with Crippen LogP contribution in [0.15, 0.2) is 36.5 Å². The molecule has 1 aromatic carbocycles. The van der Waals surface area contributed by atoms with Gasteiger partial charge in [0.15, 0.2) is 0 Å². The maximum absolute atomic E-state index is 12.7. The highest BCUT2D eigenvalue weighted by Gasteiger charge is 2.17. The van der Waals surface area contributed by atoms with Gasteiger partial charge in [-0.25, -0.2) is 0 Å². The Morgan fingerprint density at radius 3 is 2.85 bits per heavy atom. The molecule has 0 unspecified atom stereocenters. The molecule has 0 aliphatic carbocycles. The van der Waals surface area contributed by atoms with Crippen molar-refractivity contribution in [1.29, 1.82) is 0 Å². The van der Waals surface area contributed by atoms with E-state index >= 15 is 0 Å². The second kappa shape index (κ2) is 7.43. The fraction of sp³-hybridized carbons (Fsp3) is 0.316. The van der Waals surface area contributed by atoms with Gasteiger partial charge in [-0.3, -0.25) is 14.6 Å². The van der Waals surface area contributed by atoms with Crippen LogP contribution in [0.4, 0.5) is 0 Å². The van der Waals surface area contributed by atoms with Crippen molar-refractivity contribution >= 4 is 5.91 Å². The smallest absolute Gasteiger partial charge is 0.271 e. The van der Waals surface area contributed by atoms with E-state index in [4.69, 9.17) is 4.74 Å². The van der Waals surface area contributed by atoms with Crippen molar-refractivity contribution in [2.75, 3.05) is 14.2 Å². The first-order valence-corrected chi connectivity index (χ1v) is 8.50. The van der Waals surface area contributed by atoms with E-state index in [2.05, 4.69) is 15.3 Å². The number of benzene rings is 1. The van der Waals surface area contributed by atoms with Crippen molar-refractivity contribution in [3.63, 3.8) is 0 Å². The Morgan fingerprint density at radius 2 is 2.15 bits per heavy atom. The Bertz CT molecular complexity index is 912. The van der Waals surface area contributed by atoms with Gasteiger partial charge in [-0.05, 0) is 32.0 Å². The topological polar surface area (TPSA) is 76.0 Å². The van der Waals surface area contributed by atoms with Gasteiger partial charge in [0.05, 0.1) is 18.5 Å². The Balaban J connectivity index is 1.75. The SMILES string of the molecule is CCn1cc(CN(C)C(=O)c2cc(-c3cccc(OC)c3)n[nH]2)c(C)n1. The lowest BCUT2D eigenvalue weighted by Crippen LogP contribution is -2.26. The molecular weight excluding hydrogens is 330 g/mol. The zero-order valence-corrected chi connectivity index (χ0v) is 15.5. The monoisotopic (exact) mass is 353 g/mol. The van der Waals surface area contributed by atoms with Gasteiger partial charge in [0, 0.05) is 37.5 Å². The number of aromatic nitrogens is 4. The van der Waals surface area contributed by atoms with E-state index in [1.54, 1.807) is 25.1 Å².